The van der Waals surface area contributed by atoms with E-state index >= 15 is 0 Å². The first-order valence-electron chi connectivity index (χ1n) is 9.20. The maximum atomic E-state index is 12.7. The molecule has 138 valence electrons. The van der Waals surface area contributed by atoms with Crippen molar-refractivity contribution in [2.75, 3.05) is 38.2 Å². The van der Waals surface area contributed by atoms with E-state index in [2.05, 4.69) is 24.0 Å². The molecule has 4 rings (SSSR count). The Kier molecular flexibility index (Phi) is 4.67. The van der Waals surface area contributed by atoms with Gasteiger partial charge in [0.1, 0.15) is 11.6 Å². The summed E-state index contributed by atoms with van der Waals surface area (Å²) in [5.74, 6) is 1.85. The van der Waals surface area contributed by atoms with E-state index in [0.29, 0.717) is 18.7 Å². The van der Waals surface area contributed by atoms with Gasteiger partial charge in [-0.1, -0.05) is 18.2 Å². The molecule has 27 heavy (non-hydrogen) atoms. The van der Waals surface area contributed by atoms with E-state index in [-0.39, 0.29) is 5.91 Å². The summed E-state index contributed by atoms with van der Waals surface area (Å²) in [5, 5.41) is 1.16. The van der Waals surface area contributed by atoms with Gasteiger partial charge < -0.3 is 14.5 Å². The number of carbonyl (C=O) groups is 1. The van der Waals surface area contributed by atoms with Crippen molar-refractivity contribution in [2.24, 2.45) is 0 Å². The summed E-state index contributed by atoms with van der Waals surface area (Å²) in [6.45, 7) is 5.06. The number of anilines is 1. The van der Waals surface area contributed by atoms with Gasteiger partial charge in [-0.15, -0.1) is 0 Å². The number of benzene rings is 2. The Morgan fingerprint density at radius 1 is 1.00 bits per heavy atom. The van der Waals surface area contributed by atoms with Crippen LogP contribution in [0.5, 0.6) is 5.75 Å². The number of methoxy groups -OCH3 is 1. The topological polar surface area (TPSA) is 45.7 Å². The highest BCUT2D eigenvalue weighted by molar-refractivity contribution is 5.94. The molecule has 1 aromatic heterocycles. The molecule has 2 aromatic carbocycles. The van der Waals surface area contributed by atoms with Crippen LogP contribution < -0.4 is 9.64 Å². The average Bonchev–Trinajstić information content (AvgIpc) is 2.73. The van der Waals surface area contributed by atoms with Crippen molar-refractivity contribution in [3.05, 3.63) is 65.7 Å². The summed E-state index contributed by atoms with van der Waals surface area (Å²) in [6.07, 6.45) is 0. The zero-order chi connectivity index (χ0) is 18.8. The number of piperazine rings is 1. The highest BCUT2D eigenvalue weighted by atomic mass is 16.5. The van der Waals surface area contributed by atoms with E-state index in [9.17, 15) is 4.79 Å². The van der Waals surface area contributed by atoms with Crippen molar-refractivity contribution in [1.29, 1.82) is 0 Å². The monoisotopic (exact) mass is 361 g/mol. The quantitative estimate of drug-likeness (QED) is 0.716. The van der Waals surface area contributed by atoms with Crippen LogP contribution in [0.4, 0.5) is 5.82 Å². The van der Waals surface area contributed by atoms with Crippen LogP contribution in [-0.2, 0) is 0 Å². The lowest BCUT2D eigenvalue weighted by atomic mass is 10.1. The second-order valence-corrected chi connectivity index (χ2v) is 6.83. The highest BCUT2D eigenvalue weighted by Crippen LogP contribution is 2.24. The number of carbonyl (C=O) groups excluding carboxylic acids is 1. The summed E-state index contributed by atoms with van der Waals surface area (Å²) in [6, 6.07) is 17.7. The van der Waals surface area contributed by atoms with Gasteiger partial charge in [-0.2, -0.15) is 0 Å². The minimum absolute atomic E-state index is 0.0699. The Hall–Kier alpha value is -3.08. The predicted molar refractivity (Wildman–Crippen MR) is 108 cm³/mol. The first-order valence-corrected chi connectivity index (χ1v) is 9.20. The molecule has 0 radical (unpaired) electrons. The van der Waals surface area contributed by atoms with Crippen LogP contribution in [0.15, 0.2) is 54.6 Å². The predicted octanol–water partition coefficient (Wildman–Crippen LogP) is 3.51. The maximum absolute atomic E-state index is 12.7. The van der Waals surface area contributed by atoms with Gasteiger partial charge >= 0.3 is 0 Å². The van der Waals surface area contributed by atoms with E-state index < -0.39 is 0 Å². The van der Waals surface area contributed by atoms with E-state index in [1.165, 1.54) is 5.56 Å². The molecule has 5 nitrogen and oxygen atoms in total. The third-order valence-electron chi connectivity index (χ3n) is 5.09. The van der Waals surface area contributed by atoms with Gasteiger partial charge in [-0.3, -0.25) is 4.79 Å². The molecule has 1 saturated heterocycles. The van der Waals surface area contributed by atoms with Gasteiger partial charge in [-0.05, 0) is 48.9 Å². The summed E-state index contributed by atoms with van der Waals surface area (Å²) in [5.41, 5.74) is 2.88. The highest BCUT2D eigenvalue weighted by Gasteiger charge is 2.24. The third kappa shape index (κ3) is 3.45. The number of para-hydroxylation sites is 1. The zero-order valence-electron chi connectivity index (χ0n) is 15.7. The first-order chi connectivity index (χ1) is 13.2. The normalized spacial score (nSPS) is 14.4. The van der Waals surface area contributed by atoms with Crippen LogP contribution >= 0.6 is 0 Å². The van der Waals surface area contributed by atoms with Gasteiger partial charge in [0.05, 0.1) is 12.6 Å². The van der Waals surface area contributed by atoms with E-state index in [1.807, 2.05) is 47.4 Å². The van der Waals surface area contributed by atoms with Crippen molar-refractivity contribution in [3.8, 4) is 5.75 Å². The second kappa shape index (κ2) is 7.27. The SMILES string of the molecule is COc1ccc(C(=O)N2CCN(c3nc4ccccc4cc3C)CC2)cc1. The Bertz CT molecular complexity index is 961. The van der Waals surface area contributed by atoms with Crippen LogP contribution in [-0.4, -0.2) is 49.1 Å². The molecule has 1 aliphatic heterocycles. The molecular weight excluding hydrogens is 338 g/mol. The average molecular weight is 361 g/mol. The number of hydrogen-bond donors (Lipinski definition) is 0. The number of pyridine rings is 1. The van der Waals surface area contributed by atoms with Crippen molar-refractivity contribution in [3.63, 3.8) is 0 Å². The third-order valence-corrected chi connectivity index (χ3v) is 5.09. The number of aryl methyl sites for hydroxylation is 1. The molecule has 1 aliphatic rings. The van der Waals surface area contributed by atoms with Crippen molar-refractivity contribution in [2.45, 2.75) is 6.92 Å². The number of nitrogens with zero attached hydrogens (tertiary/aromatic N) is 3. The molecule has 3 aromatic rings. The number of rotatable bonds is 3. The lowest BCUT2D eigenvalue weighted by Crippen LogP contribution is -2.49. The summed E-state index contributed by atoms with van der Waals surface area (Å²) >= 11 is 0. The smallest absolute Gasteiger partial charge is 0.253 e. The first kappa shape index (κ1) is 17.3. The van der Waals surface area contributed by atoms with Crippen LogP contribution in [0.2, 0.25) is 0 Å². The Morgan fingerprint density at radius 3 is 2.41 bits per heavy atom. The van der Waals surface area contributed by atoms with Crippen molar-refractivity contribution in [1.82, 2.24) is 9.88 Å². The molecule has 2 heterocycles. The van der Waals surface area contributed by atoms with Gasteiger partial charge in [0.2, 0.25) is 0 Å². The van der Waals surface area contributed by atoms with E-state index in [0.717, 1.165) is 35.6 Å². The van der Waals surface area contributed by atoms with Gasteiger partial charge in [0.25, 0.3) is 5.91 Å². The minimum atomic E-state index is 0.0699. The summed E-state index contributed by atoms with van der Waals surface area (Å²) in [4.78, 5) is 21.8. The number of amides is 1. The standard InChI is InChI=1S/C22H23N3O2/c1-16-15-18-5-3-4-6-20(18)23-21(16)24-11-13-25(14-12-24)22(26)17-7-9-19(27-2)10-8-17/h3-10,15H,11-14H2,1-2H3. The van der Waals surface area contributed by atoms with Crippen molar-refractivity contribution < 1.29 is 9.53 Å². The Balaban J connectivity index is 1.47. The van der Waals surface area contributed by atoms with Crippen LogP contribution in [0, 0.1) is 6.92 Å². The van der Waals surface area contributed by atoms with E-state index in [4.69, 9.17) is 9.72 Å². The van der Waals surface area contributed by atoms with Gasteiger partial charge in [-0.25, -0.2) is 4.98 Å². The number of aromatic nitrogens is 1. The van der Waals surface area contributed by atoms with Crippen LogP contribution in [0.3, 0.4) is 0 Å². The summed E-state index contributed by atoms with van der Waals surface area (Å²) in [7, 11) is 1.62. The molecule has 0 N–H and O–H groups in total. The summed E-state index contributed by atoms with van der Waals surface area (Å²) < 4.78 is 5.16. The maximum Gasteiger partial charge on any atom is 0.253 e. The second-order valence-electron chi connectivity index (χ2n) is 6.83. The van der Waals surface area contributed by atoms with Gasteiger partial charge in [0, 0.05) is 37.1 Å². The largest absolute Gasteiger partial charge is 0.497 e. The molecular formula is C22H23N3O2. The van der Waals surface area contributed by atoms with Gasteiger partial charge in [0.15, 0.2) is 0 Å². The van der Waals surface area contributed by atoms with Crippen LogP contribution in [0.1, 0.15) is 15.9 Å². The Morgan fingerprint density at radius 2 is 1.70 bits per heavy atom. The van der Waals surface area contributed by atoms with E-state index in [1.54, 1.807) is 7.11 Å². The molecule has 0 spiro atoms. The molecule has 0 aliphatic carbocycles. The number of ether oxygens (including phenoxy) is 1. The van der Waals surface area contributed by atoms with Crippen LogP contribution in [0.25, 0.3) is 10.9 Å². The lowest BCUT2D eigenvalue weighted by molar-refractivity contribution is 0.0746. The fourth-order valence-electron chi connectivity index (χ4n) is 3.57. The fourth-order valence-corrected chi connectivity index (χ4v) is 3.57. The zero-order valence-corrected chi connectivity index (χ0v) is 15.7. The molecule has 0 atom stereocenters. The Labute approximate surface area is 159 Å². The fraction of sp³-hybridized carbons (Fsp3) is 0.273. The molecule has 0 unspecified atom stereocenters. The van der Waals surface area contributed by atoms with Crippen molar-refractivity contribution >= 4 is 22.6 Å². The lowest BCUT2D eigenvalue weighted by Gasteiger charge is -2.36. The number of fused-ring (bicyclic) bond motifs is 1. The molecule has 1 amide bonds. The molecule has 1 fully saturated rings. The molecule has 5 heteroatoms. The number of hydrogen-bond acceptors (Lipinski definition) is 4. The molecule has 0 saturated carbocycles. The molecule has 0 bridgehead atoms. The minimum Gasteiger partial charge on any atom is -0.497 e.